The quantitative estimate of drug-likeness (QED) is 0.923. The zero-order valence-electron chi connectivity index (χ0n) is 12.1. The predicted octanol–water partition coefficient (Wildman–Crippen LogP) is 2.80. The number of carbonyl (C=O) groups excluding carboxylic acids is 1. The van der Waals surface area contributed by atoms with Crippen LogP contribution in [0.1, 0.15) is 25.3 Å². The van der Waals surface area contributed by atoms with Crippen molar-refractivity contribution in [2.75, 3.05) is 6.54 Å². The predicted molar refractivity (Wildman–Crippen MR) is 83.3 cm³/mol. The Kier molecular flexibility index (Phi) is 3.91. The molecule has 2 aromatic rings. The van der Waals surface area contributed by atoms with Crippen molar-refractivity contribution in [1.29, 1.82) is 0 Å². The first-order valence-electron chi connectivity index (χ1n) is 7.31. The van der Waals surface area contributed by atoms with Crippen molar-refractivity contribution >= 4 is 28.4 Å². The molecule has 3 rings (SSSR count). The maximum absolute atomic E-state index is 12.5. The largest absolute Gasteiger partial charge is 0.392 e. The van der Waals surface area contributed by atoms with E-state index in [2.05, 4.69) is 0 Å². The summed E-state index contributed by atoms with van der Waals surface area (Å²) in [5, 5.41) is 11.0. The van der Waals surface area contributed by atoms with Crippen molar-refractivity contribution in [2.24, 2.45) is 0 Å². The van der Waals surface area contributed by atoms with Gasteiger partial charge in [-0.3, -0.25) is 4.79 Å². The Balaban J connectivity index is 1.92. The fraction of sp³-hybridized carbons (Fsp3) is 0.438. The van der Waals surface area contributed by atoms with Crippen molar-refractivity contribution in [3.63, 3.8) is 0 Å². The van der Waals surface area contributed by atoms with E-state index in [0.29, 0.717) is 17.6 Å². The smallest absolute Gasteiger partial charge is 0.242 e. The van der Waals surface area contributed by atoms with Crippen LogP contribution in [0.4, 0.5) is 0 Å². The van der Waals surface area contributed by atoms with Crippen molar-refractivity contribution in [2.45, 2.75) is 39.0 Å². The van der Waals surface area contributed by atoms with E-state index in [0.717, 1.165) is 35.9 Å². The molecule has 1 amide bonds. The summed E-state index contributed by atoms with van der Waals surface area (Å²) in [5.74, 6) is 0.126. The molecule has 0 saturated heterocycles. The maximum atomic E-state index is 12.5. The van der Waals surface area contributed by atoms with Crippen LogP contribution in [0.3, 0.4) is 0 Å². The molecule has 1 heterocycles. The number of aliphatic hydroxyl groups is 1. The zero-order valence-corrected chi connectivity index (χ0v) is 12.8. The van der Waals surface area contributed by atoms with Crippen LogP contribution in [0.2, 0.25) is 5.02 Å². The summed E-state index contributed by atoms with van der Waals surface area (Å²) in [6, 6.07) is 5.96. The summed E-state index contributed by atoms with van der Waals surface area (Å²) in [7, 11) is 0. The van der Waals surface area contributed by atoms with Gasteiger partial charge in [-0.05, 0) is 31.9 Å². The maximum Gasteiger partial charge on any atom is 0.242 e. The minimum atomic E-state index is -0.0422. The fourth-order valence-corrected chi connectivity index (χ4v) is 3.03. The zero-order chi connectivity index (χ0) is 15.0. The SMILES string of the molecule is CCN(C(=O)Cn1cc(CO)c2ccc(Cl)cc21)C1CC1. The molecule has 0 bridgehead atoms. The first-order chi connectivity index (χ1) is 10.1. The Bertz CT molecular complexity index is 676. The lowest BCUT2D eigenvalue weighted by Gasteiger charge is -2.20. The van der Waals surface area contributed by atoms with Crippen molar-refractivity contribution < 1.29 is 9.90 Å². The van der Waals surface area contributed by atoms with Gasteiger partial charge in [0, 0.05) is 34.8 Å². The number of hydrogen-bond donors (Lipinski definition) is 1. The van der Waals surface area contributed by atoms with Gasteiger partial charge < -0.3 is 14.6 Å². The Morgan fingerprint density at radius 1 is 1.48 bits per heavy atom. The van der Waals surface area contributed by atoms with Crippen LogP contribution < -0.4 is 0 Å². The molecular formula is C16H19ClN2O2. The molecule has 112 valence electrons. The standard InChI is InChI=1S/C16H19ClN2O2/c1-2-19(13-4-5-13)16(21)9-18-8-11(10-20)14-6-3-12(17)7-15(14)18/h3,6-8,13,20H,2,4-5,9-10H2,1H3. The monoisotopic (exact) mass is 306 g/mol. The van der Waals surface area contributed by atoms with E-state index >= 15 is 0 Å². The minimum absolute atomic E-state index is 0.0422. The van der Waals surface area contributed by atoms with Crippen LogP contribution in [-0.2, 0) is 17.9 Å². The van der Waals surface area contributed by atoms with Crippen molar-refractivity contribution in [3.8, 4) is 0 Å². The summed E-state index contributed by atoms with van der Waals surface area (Å²) < 4.78 is 1.89. The van der Waals surface area contributed by atoms with E-state index < -0.39 is 0 Å². The molecule has 1 aromatic carbocycles. The average Bonchev–Trinajstić information content (AvgIpc) is 3.24. The van der Waals surface area contributed by atoms with Crippen molar-refractivity contribution in [1.82, 2.24) is 9.47 Å². The Hall–Kier alpha value is -1.52. The number of aliphatic hydroxyl groups excluding tert-OH is 1. The number of rotatable bonds is 5. The summed E-state index contributed by atoms with van der Waals surface area (Å²) in [5.41, 5.74) is 1.72. The Labute approximate surface area is 128 Å². The van der Waals surface area contributed by atoms with Crippen LogP contribution in [0, 0.1) is 0 Å². The second kappa shape index (κ2) is 5.70. The molecule has 1 aromatic heterocycles. The van der Waals surface area contributed by atoms with Gasteiger partial charge in [-0.15, -0.1) is 0 Å². The highest BCUT2D eigenvalue weighted by Crippen LogP contribution is 2.28. The number of carbonyl (C=O) groups is 1. The van der Waals surface area contributed by atoms with Gasteiger partial charge in [0.2, 0.25) is 5.91 Å². The van der Waals surface area contributed by atoms with Gasteiger partial charge in [0.25, 0.3) is 0 Å². The fourth-order valence-electron chi connectivity index (χ4n) is 2.86. The molecule has 0 radical (unpaired) electrons. The molecule has 0 aliphatic heterocycles. The first kappa shape index (κ1) is 14.4. The molecular weight excluding hydrogens is 288 g/mol. The van der Waals surface area contributed by atoms with Crippen LogP contribution >= 0.6 is 11.6 Å². The summed E-state index contributed by atoms with van der Waals surface area (Å²) in [6.07, 6.45) is 4.07. The molecule has 1 fully saturated rings. The van der Waals surface area contributed by atoms with E-state index in [-0.39, 0.29) is 12.5 Å². The average molecular weight is 307 g/mol. The molecule has 0 atom stereocenters. The number of amides is 1. The second-order valence-corrected chi connectivity index (χ2v) is 5.95. The normalized spacial score (nSPS) is 14.6. The molecule has 1 aliphatic rings. The van der Waals surface area contributed by atoms with Crippen LogP contribution in [0.5, 0.6) is 0 Å². The lowest BCUT2D eigenvalue weighted by atomic mass is 10.2. The van der Waals surface area contributed by atoms with Gasteiger partial charge in [0.15, 0.2) is 0 Å². The van der Waals surface area contributed by atoms with Gasteiger partial charge in [-0.25, -0.2) is 0 Å². The van der Waals surface area contributed by atoms with Gasteiger partial charge in [0.05, 0.1) is 12.1 Å². The number of halogens is 1. The van der Waals surface area contributed by atoms with Gasteiger partial charge >= 0.3 is 0 Å². The highest BCUT2D eigenvalue weighted by atomic mass is 35.5. The van der Waals surface area contributed by atoms with Crippen molar-refractivity contribution in [3.05, 3.63) is 35.0 Å². The highest BCUT2D eigenvalue weighted by molar-refractivity contribution is 6.31. The molecule has 1 N–H and O–H groups in total. The van der Waals surface area contributed by atoms with E-state index in [1.165, 1.54) is 0 Å². The number of hydrogen-bond acceptors (Lipinski definition) is 2. The highest BCUT2D eigenvalue weighted by Gasteiger charge is 2.31. The summed E-state index contributed by atoms with van der Waals surface area (Å²) in [6.45, 7) is 3.01. The lowest BCUT2D eigenvalue weighted by molar-refractivity contribution is -0.132. The molecule has 4 nitrogen and oxygen atoms in total. The van der Waals surface area contributed by atoms with E-state index in [9.17, 15) is 9.90 Å². The first-order valence-corrected chi connectivity index (χ1v) is 7.69. The number of benzene rings is 1. The topological polar surface area (TPSA) is 45.5 Å². The lowest BCUT2D eigenvalue weighted by Crippen LogP contribution is -2.35. The summed E-state index contributed by atoms with van der Waals surface area (Å²) in [4.78, 5) is 14.4. The van der Waals surface area contributed by atoms with E-state index in [1.54, 1.807) is 6.07 Å². The molecule has 0 spiro atoms. The van der Waals surface area contributed by atoms with Gasteiger partial charge in [-0.2, -0.15) is 0 Å². The minimum Gasteiger partial charge on any atom is -0.392 e. The number of likely N-dealkylation sites (N-methyl/N-ethyl adjacent to an activating group) is 1. The third-order valence-electron chi connectivity index (χ3n) is 4.05. The molecule has 1 saturated carbocycles. The third-order valence-corrected chi connectivity index (χ3v) is 4.29. The van der Waals surface area contributed by atoms with Crippen LogP contribution in [0.25, 0.3) is 10.9 Å². The van der Waals surface area contributed by atoms with Gasteiger partial charge in [0.1, 0.15) is 6.54 Å². The third kappa shape index (κ3) is 2.78. The van der Waals surface area contributed by atoms with Gasteiger partial charge in [-0.1, -0.05) is 17.7 Å². The van der Waals surface area contributed by atoms with E-state index in [4.69, 9.17) is 11.6 Å². The number of aromatic nitrogens is 1. The Morgan fingerprint density at radius 2 is 2.24 bits per heavy atom. The molecule has 1 aliphatic carbocycles. The number of nitrogens with zero attached hydrogens (tertiary/aromatic N) is 2. The van der Waals surface area contributed by atoms with E-state index in [1.807, 2.05) is 34.7 Å². The second-order valence-electron chi connectivity index (χ2n) is 5.51. The number of fused-ring (bicyclic) bond motifs is 1. The van der Waals surface area contributed by atoms with Crippen LogP contribution in [-0.4, -0.2) is 33.1 Å². The van der Waals surface area contributed by atoms with Crippen LogP contribution in [0.15, 0.2) is 24.4 Å². The summed E-state index contributed by atoms with van der Waals surface area (Å²) >= 11 is 6.06. The molecule has 21 heavy (non-hydrogen) atoms. The Morgan fingerprint density at radius 3 is 2.86 bits per heavy atom. The molecule has 0 unspecified atom stereocenters. The molecule has 5 heteroatoms.